The molecule has 0 aliphatic carbocycles. The molecule has 0 aromatic carbocycles. The summed E-state index contributed by atoms with van der Waals surface area (Å²) in [6.07, 6.45) is 8.19. The third kappa shape index (κ3) is 8.12. The van der Waals surface area contributed by atoms with Crippen LogP contribution in [-0.4, -0.2) is 25.9 Å². The standard InChI is InChI=1S/C10H24BN/c1-3-5-7-9-12(11)10-8-6-4-2/h3-11H2,1-2H3. The molecule has 0 heterocycles. The summed E-state index contributed by atoms with van der Waals surface area (Å²) in [5.74, 6) is 0. The molecule has 0 aromatic rings. The molecule has 0 rings (SSSR count). The summed E-state index contributed by atoms with van der Waals surface area (Å²) < 4.78 is 0. The van der Waals surface area contributed by atoms with E-state index in [4.69, 9.17) is 0 Å². The summed E-state index contributed by atoms with van der Waals surface area (Å²) >= 11 is 0. The van der Waals surface area contributed by atoms with Crippen LogP contribution >= 0.6 is 0 Å². The van der Waals surface area contributed by atoms with Crippen molar-refractivity contribution in [3.05, 3.63) is 0 Å². The average molecular weight is 169 g/mol. The molecule has 0 saturated carbocycles. The summed E-state index contributed by atoms with van der Waals surface area (Å²) in [6.45, 7) is 7.10. The Morgan fingerprint density at radius 1 is 0.833 bits per heavy atom. The zero-order valence-corrected chi connectivity index (χ0v) is 9.10. The number of rotatable bonds is 8. The predicted molar refractivity (Wildman–Crippen MR) is 59.2 cm³/mol. The van der Waals surface area contributed by atoms with E-state index in [-0.39, 0.29) is 0 Å². The van der Waals surface area contributed by atoms with E-state index in [9.17, 15) is 0 Å². The van der Waals surface area contributed by atoms with Gasteiger partial charge in [0.15, 0.2) is 7.98 Å². The van der Waals surface area contributed by atoms with Crippen LogP contribution in [0.1, 0.15) is 52.4 Å². The number of unbranched alkanes of at least 4 members (excludes halogenated alkanes) is 4. The molecule has 72 valence electrons. The fourth-order valence-electron chi connectivity index (χ4n) is 1.38. The van der Waals surface area contributed by atoms with Crippen molar-refractivity contribution in [1.29, 1.82) is 0 Å². The minimum absolute atomic E-state index is 1.29. The highest BCUT2D eigenvalue weighted by Gasteiger charge is 1.96. The topological polar surface area (TPSA) is 3.24 Å². The molecule has 0 saturated heterocycles. The molecule has 0 fully saturated rings. The van der Waals surface area contributed by atoms with E-state index in [2.05, 4.69) is 26.6 Å². The second kappa shape index (κ2) is 9.12. The first kappa shape index (κ1) is 12.0. The normalized spacial score (nSPS) is 10.9. The van der Waals surface area contributed by atoms with Crippen LogP contribution in [0.2, 0.25) is 0 Å². The van der Waals surface area contributed by atoms with E-state index < -0.39 is 0 Å². The summed E-state index contributed by atoms with van der Waals surface area (Å²) in [7, 11) is 2.24. The Hall–Kier alpha value is 0.0249. The van der Waals surface area contributed by atoms with Crippen molar-refractivity contribution in [2.24, 2.45) is 0 Å². The lowest BCUT2D eigenvalue weighted by atomic mass is 10.1. The second-order valence-corrected chi connectivity index (χ2v) is 3.72. The van der Waals surface area contributed by atoms with Gasteiger partial charge in [0.05, 0.1) is 0 Å². The lowest BCUT2D eigenvalue weighted by molar-refractivity contribution is 0.419. The van der Waals surface area contributed by atoms with E-state index in [0.29, 0.717) is 0 Å². The highest BCUT2D eigenvalue weighted by molar-refractivity contribution is 6.04. The smallest absolute Gasteiger partial charge is 0.185 e. The summed E-state index contributed by atoms with van der Waals surface area (Å²) in [5, 5.41) is 0. The molecule has 2 heteroatoms. The molecule has 0 aromatic heterocycles. The van der Waals surface area contributed by atoms with E-state index in [1.165, 1.54) is 51.6 Å². The molecule has 1 nitrogen and oxygen atoms in total. The molecular formula is C10H24BN. The van der Waals surface area contributed by atoms with E-state index in [0.717, 1.165) is 0 Å². The SMILES string of the molecule is BN(CCCCC)CCCCC. The highest BCUT2D eigenvalue weighted by Crippen LogP contribution is 1.99. The number of hydrogen-bond donors (Lipinski definition) is 0. The molecule has 0 amide bonds. The van der Waals surface area contributed by atoms with Crippen LogP contribution in [0.5, 0.6) is 0 Å². The molecule has 0 aliphatic rings. The van der Waals surface area contributed by atoms with Gasteiger partial charge in [-0.05, 0) is 25.9 Å². The Bertz CT molecular complexity index is 75.9. The van der Waals surface area contributed by atoms with Gasteiger partial charge in [0.2, 0.25) is 0 Å². The van der Waals surface area contributed by atoms with Gasteiger partial charge in [0, 0.05) is 0 Å². The summed E-state index contributed by atoms with van der Waals surface area (Å²) in [5.41, 5.74) is 0. The predicted octanol–water partition coefficient (Wildman–Crippen LogP) is 2.22. The van der Waals surface area contributed by atoms with Crippen LogP contribution in [0.4, 0.5) is 0 Å². The van der Waals surface area contributed by atoms with Gasteiger partial charge in [0.1, 0.15) is 0 Å². The van der Waals surface area contributed by atoms with Crippen molar-refractivity contribution in [3.63, 3.8) is 0 Å². The molecule has 0 radical (unpaired) electrons. The lowest BCUT2D eigenvalue weighted by Gasteiger charge is -2.15. The van der Waals surface area contributed by atoms with Gasteiger partial charge in [-0.15, -0.1) is 0 Å². The van der Waals surface area contributed by atoms with Gasteiger partial charge in [-0.2, -0.15) is 0 Å². The summed E-state index contributed by atoms with van der Waals surface area (Å²) in [6, 6.07) is 0. The Labute approximate surface area is 79.0 Å². The molecule has 0 unspecified atom stereocenters. The van der Waals surface area contributed by atoms with E-state index >= 15 is 0 Å². The van der Waals surface area contributed by atoms with Crippen molar-refractivity contribution < 1.29 is 0 Å². The maximum Gasteiger partial charge on any atom is 0.185 e. The maximum atomic E-state index is 2.46. The Kier molecular flexibility index (Phi) is 9.13. The Balaban J connectivity index is 3.04. The third-order valence-electron chi connectivity index (χ3n) is 2.29. The largest absolute Gasteiger partial charge is 0.349 e. The van der Waals surface area contributed by atoms with Crippen molar-refractivity contribution in [3.8, 4) is 0 Å². The van der Waals surface area contributed by atoms with Crippen LogP contribution in [0.3, 0.4) is 0 Å². The van der Waals surface area contributed by atoms with Crippen LogP contribution in [-0.2, 0) is 0 Å². The lowest BCUT2D eigenvalue weighted by Crippen LogP contribution is -2.22. The van der Waals surface area contributed by atoms with Crippen LogP contribution in [0.25, 0.3) is 0 Å². The Morgan fingerprint density at radius 2 is 1.25 bits per heavy atom. The molecule has 0 spiro atoms. The highest BCUT2D eigenvalue weighted by atomic mass is 15.0. The van der Waals surface area contributed by atoms with Gasteiger partial charge in [0.25, 0.3) is 0 Å². The first-order valence-corrected chi connectivity index (χ1v) is 5.49. The minimum Gasteiger partial charge on any atom is -0.349 e. The fourth-order valence-corrected chi connectivity index (χ4v) is 1.38. The van der Waals surface area contributed by atoms with Crippen LogP contribution < -0.4 is 0 Å². The van der Waals surface area contributed by atoms with E-state index in [1.807, 2.05) is 0 Å². The zero-order chi connectivity index (χ0) is 9.23. The monoisotopic (exact) mass is 169 g/mol. The average Bonchev–Trinajstić information content (AvgIpc) is 2.06. The van der Waals surface area contributed by atoms with Crippen LogP contribution in [0.15, 0.2) is 0 Å². The molecule has 0 atom stereocenters. The number of hydrogen-bond acceptors (Lipinski definition) is 1. The first-order chi connectivity index (χ1) is 5.81. The van der Waals surface area contributed by atoms with Gasteiger partial charge in [-0.1, -0.05) is 39.5 Å². The van der Waals surface area contributed by atoms with Crippen molar-refractivity contribution >= 4 is 7.98 Å². The number of nitrogens with zero attached hydrogens (tertiary/aromatic N) is 1. The van der Waals surface area contributed by atoms with Gasteiger partial charge in [-0.3, -0.25) is 0 Å². The molecule has 0 N–H and O–H groups in total. The minimum atomic E-state index is 1.29. The van der Waals surface area contributed by atoms with Crippen LogP contribution in [0, 0.1) is 0 Å². The molecular weight excluding hydrogens is 145 g/mol. The Morgan fingerprint density at radius 3 is 1.58 bits per heavy atom. The van der Waals surface area contributed by atoms with Crippen molar-refractivity contribution in [1.82, 2.24) is 4.81 Å². The molecule has 0 aliphatic heterocycles. The molecule has 12 heavy (non-hydrogen) atoms. The zero-order valence-electron chi connectivity index (χ0n) is 9.10. The van der Waals surface area contributed by atoms with Crippen molar-refractivity contribution in [2.45, 2.75) is 52.4 Å². The van der Waals surface area contributed by atoms with Crippen molar-refractivity contribution in [2.75, 3.05) is 13.1 Å². The van der Waals surface area contributed by atoms with E-state index in [1.54, 1.807) is 0 Å². The third-order valence-corrected chi connectivity index (χ3v) is 2.29. The van der Waals surface area contributed by atoms with Gasteiger partial charge >= 0.3 is 0 Å². The fraction of sp³-hybridized carbons (Fsp3) is 1.00. The second-order valence-electron chi connectivity index (χ2n) is 3.72. The van der Waals surface area contributed by atoms with Gasteiger partial charge < -0.3 is 4.81 Å². The maximum absolute atomic E-state index is 2.46. The quantitative estimate of drug-likeness (QED) is 0.397. The first-order valence-electron chi connectivity index (χ1n) is 5.49. The molecule has 0 bridgehead atoms. The summed E-state index contributed by atoms with van der Waals surface area (Å²) in [4.78, 5) is 2.46. The van der Waals surface area contributed by atoms with Gasteiger partial charge in [-0.25, -0.2) is 0 Å².